The SMILES string of the molecule is CCC[C@H](c1nnnn1C(C)(C)CC)N(Cc1cc2cc(C)ccc2[nH]c1=O)C[C@H]1CCCO1. The van der Waals surface area contributed by atoms with E-state index in [4.69, 9.17) is 4.74 Å². The van der Waals surface area contributed by atoms with E-state index < -0.39 is 0 Å². The topological polar surface area (TPSA) is 88.9 Å². The maximum absolute atomic E-state index is 13.1. The number of fused-ring (bicyclic) bond motifs is 1. The Balaban J connectivity index is 1.74. The number of ether oxygens (including phenoxy) is 1. The molecular formula is C26H38N6O2. The molecule has 0 saturated carbocycles. The number of rotatable bonds is 10. The number of tetrazole rings is 1. The Labute approximate surface area is 201 Å². The van der Waals surface area contributed by atoms with Crippen LogP contribution in [0.4, 0.5) is 0 Å². The van der Waals surface area contributed by atoms with Crippen LogP contribution in [0.2, 0.25) is 0 Å². The highest BCUT2D eigenvalue weighted by atomic mass is 16.5. The van der Waals surface area contributed by atoms with Crippen molar-refractivity contribution in [1.82, 2.24) is 30.1 Å². The molecule has 184 valence electrons. The summed E-state index contributed by atoms with van der Waals surface area (Å²) < 4.78 is 7.99. The Morgan fingerprint density at radius 1 is 1.29 bits per heavy atom. The molecule has 3 heterocycles. The summed E-state index contributed by atoms with van der Waals surface area (Å²) in [5.41, 5.74) is 2.55. The van der Waals surface area contributed by atoms with Crippen LogP contribution in [0.25, 0.3) is 10.9 Å². The molecule has 1 saturated heterocycles. The molecule has 1 aromatic carbocycles. The van der Waals surface area contributed by atoms with Crippen molar-refractivity contribution in [3.8, 4) is 0 Å². The van der Waals surface area contributed by atoms with Crippen molar-refractivity contribution in [2.45, 2.75) is 91.0 Å². The van der Waals surface area contributed by atoms with Crippen molar-refractivity contribution < 1.29 is 4.74 Å². The Morgan fingerprint density at radius 3 is 2.82 bits per heavy atom. The van der Waals surface area contributed by atoms with Crippen LogP contribution in [0.3, 0.4) is 0 Å². The number of aryl methyl sites for hydroxylation is 1. The normalized spacial score (nSPS) is 17.6. The largest absolute Gasteiger partial charge is 0.377 e. The first kappa shape index (κ1) is 24.5. The van der Waals surface area contributed by atoms with Gasteiger partial charge in [-0.1, -0.05) is 31.9 Å². The molecule has 2 aromatic heterocycles. The van der Waals surface area contributed by atoms with Crippen LogP contribution >= 0.6 is 0 Å². The second kappa shape index (κ2) is 10.4. The van der Waals surface area contributed by atoms with E-state index in [1.54, 1.807) is 0 Å². The van der Waals surface area contributed by atoms with Crippen LogP contribution in [0.5, 0.6) is 0 Å². The average Bonchev–Trinajstić information content (AvgIpc) is 3.50. The van der Waals surface area contributed by atoms with Crippen molar-refractivity contribution in [1.29, 1.82) is 0 Å². The molecule has 0 aliphatic carbocycles. The highest BCUT2D eigenvalue weighted by Crippen LogP contribution is 2.31. The van der Waals surface area contributed by atoms with Gasteiger partial charge in [0, 0.05) is 30.8 Å². The molecular weight excluding hydrogens is 428 g/mol. The van der Waals surface area contributed by atoms with Gasteiger partial charge in [0.05, 0.1) is 17.7 Å². The molecule has 0 bridgehead atoms. The van der Waals surface area contributed by atoms with Gasteiger partial charge in [0.25, 0.3) is 5.56 Å². The molecule has 0 unspecified atom stereocenters. The summed E-state index contributed by atoms with van der Waals surface area (Å²) in [7, 11) is 0. The van der Waals surface area contributed by atoms with Gasteiger partial charge in [-0.3, -0.25) is 9.69 Å². The number of nitrogens with zero attached hydrogens (tertiary/aromatic N) is 5. The lowest BCUT2D eigenvalue weighted by atomic mass is 10.00. The predicted molar refractivity (Wildman–Crippen MR) is 134 cm³/mol. The first-order valence-corrected chi connectivity index (χ1v) is 12.6. The number of H-pyrrole nitrogens is 1. The summed E-state index contributed by atoms with van der Waals surface area (Å²) in [4.78, 5) is 18.5. The van der Waals surface area contributed by atoms with Crippen molar-refractivity contribution in [2.24, 2.45) is 0 Å². The van der Waals surface area contributed by atoms with Crippen LogP contribution in [0.15, 0.2) is 29.1 Å². The number of benzene rings is 1. The minimum absolute atomic E-state index is 0.0115. The van der Waals surface area contributed by atoms with E-state index in [-0.39, 0.29) is 23.2 Å². The first-order chi connectivity index (χ1) is 16.3. The second-order valence-electron chi connectivity index (χ2n) is 10.2. The zero-order valence-electron chi connectivity index (χ0n) is 21.2. The van der Waals surface area contributed by atoms with Crippen LogP contribution in [-0.4, -0.2) is 49.3 Å². The van der Waals surface area contributed by atoms with Crippen molar-refractivity contribution in [3.63, 3.8) is 0 Å². The predicted octanol–water partition coefficient (Wildman–Crippen LogP) is 4.49. The van der Waals surface area contributed by atoms with Gasteiger partial charge >= 0.3 is 0 Å². The molecule has 0 spiro atoms. The zero-order chi connectivity index (χ0) is 24.3. The van der Waals surface area contributed by atoms with E-state index in [0.717, 1.165) is 67.5 Å². The molecule has 2 atom stereocenters. The molecule has 1 aliphatic rings. The number of pyridine rings is 1. The lowest BCUT2D eigenvalue weighted by Crippen LogP contribution is -2.39. The van der Waals surface area contributed by atoms with Gasteiger partial charge < -0.3 is 9.72 Å². The van der Waals surface area contributed by atoms with Gasteiger partial charge in [-0.15, -0.1) is 5.10 Å². The number of nitrogens with one attached hydrogen (secondary N) is 1. The van der Waals surface area contributed by atoms with E-state index in [9.17, 15) is 4.79 Å². The summed E-state index contributed by atoms with van der Waals surface area (Å²) >= 11 is 0. The lowest BCUT2D eigenvalue weighted by Gasteiger charge is -2.34. The highest BCUT2D eigenvalue weighted by Gasteiger charge is 2.33. The maximum Gasteiger partial charge on any atom is 0.252 e. The highest BCUT2D eigenvalue weighted by molar-refractivity contribution is 5.79. The van der Waals surface area contributed by atoms with Gasteiger partial charge in [-0.05, 0) is 80.5 Å². The van der Waals surface area contributed by atoms with Gasteiger partial charge in [-0.25, -0.2) is 4.68 Å². The third kappa shape index (κ3) is 5.23. The van der Waals surface area contributed by atoms with Crippen molar-refractivity contribution in [3.05, 3.63) is 51.6 Å². The molecule has 8 nitrogen and oxygen atoms in total. The summed E-state index contributed by atoms with van der Waals surface area (Å²) in [5.74, 6) is 0.861. The fourth-order valence-corrected chi connectivity index (χ4v) is 4.79. The molecule has 0 amide bonds. The van der Waals surface area contributed by atoms with E-state index in [0.29, 0.717) is 6.54 Å². The van der Waals surface area contributed by atoms with Gasteiger partial charge in [0.1, 0.15) is 0 Å². The maximum atomic E-state index is 13.1. The fraction of sp³-hybridized carbons (Fsp3) is 0.615. The van der Waals surface area contributed by atoms with Gasteiger partial charge in [0.2, 0.25) is 0 Å². The number of aromatic amines is 1. The monoisotopic (exact) mass is 466 g/mol. The lowest BCUT2D eigenvalue weighted by molar-refractivity contribution is 0.0462. The van der Waals surface area contributed by atoms with Crippen LogP contribution in [-0.2, 0) is 16.8 Å². The Hall–Kier alpha value is -2.58. The minimum Gasteiger partial charge on any atom is -0.377 e. The fourth-order valence-electron chi connectivity index (χ4n) is 4.79. The number of hydrogen-bond acceptors (Lipinski definition) is 6. The summed E-state index contributed by atoms with van der Waals surface area (Å²) in [6.45, 7) is 12.8. The van der Waals surface area contributed by atoms with E-state index >= 15 is 0 Å². The Bertz CT molecular complexity index is 1160. The van der Waals surface area contributed by atoms with Crippen molar-refractivity contribution >= 4 is 10.9 Å². The van der Waals surface area contributed by atoms with Crippen LogP contribution < -0.4 is 5.56 Å². The smallest absolute Gasteiger partial charge is 0.252 e. The van der Waals surface area contributed by atoms with Gasteiger partial charge in [-0.2, -0.15) is 0 Å². The molecule has 1 fully saturated rings. The first-order valence-electron chi connectivity index (χ1n) is 12.6. The second-order valence-corrected chi connectivity index (χ2v) is 10.2. The third-order valence-corrected chi connectivity index (χ3v) is 7.15. The summed E-state index contributed by atoms with van der Waals surface area (Å²) in [6.07, 6.45) is 5.07. The molecule has 1 N–H and O–H groups in total. The van der Waals surface area contributed by atoms with Gasteiger partial charge in [0.15, 0.2) is 5.82 Å². The van der Waals surface area contributed by atoms with E-state index in [2.05, 4.69) is 66.1 Å². The number of hydrogen-bond donors (Lipinski definition) is 1. The van der Waals surface area contributed by atoms with Crippen molar-refractivity contribution in [2.75, 3.05) is 13.2 Å². The average molecular weight is 467 g/mol. The minimum atomic E-state index is -0.196. The molecule has 4 rings (SSSR count). The molecule has 8 heteroatoms. The third-order valence-electron chi connectivity index (χ3n) is 7.15. The molecule has 3 aromatic rings. The molecule has 1 aliphatic heterocycles. The van der Waals surface area contributed by atoms with Crippen LogP contribution in [0, 0.1) is 6.92 Å². The number of aromatic nitrogens is 5. The van der Waals surface area contributed by atoms with Crippen LogP contribution in [0.1, 0.15) is 82.8 Å². The summed E-state index contributed by atoms with van der Waals surface area (Å²) in [5, 5.41) is 14.0. The Morgan fingerprint density at radius 2 is 2.12 bits per heavy atom. The zero-order valence-corrected chi connectivity index (χ0v) is 21.2. The summed E-state index contributed by atoms with van der Waals surface area (Å²) in [6, 6.07) is 8.14. The quantitative estimate of drug-likeness (QED) is 0.474. The molecule has 0 radical (unpaired) electrons. The Kier molecular flexibility index (Phi) is 7.48. The molecule has 34 heavy (non-hydrogen) atoms. The van der Waals surface area contributed by atoms with E-state index in [1.807, 2.05) is 22.9 Å². The van der Waals surface area contributed by atoms with E-state index in [1.165, 1.54) is 5.56 Å². The standard InChI is InChI=1S/C26H38N6O2/c1-6-9-23(24-28-29-30-32(24)26(4,5)7-2)31(17-21-10-8-13-34-21)16-20-15-19-14-18(3)11-12-22(19)27-25(20)33/h11-12,14-15,21,23H,6-10,13,16-17H2,1-5H3,(H,27,33)/t21-,23-/m1/s1.